The van der Waals surface area contributed by atoms with Crippen LogP contribution in [-0.4, -0.2) is 66.5 Å². The summed E-state index contributed by atoms with van der Waals surface area (Å²) in [6.45, 7) is 12.0. The van der Waals surface area contributed by atoms with Crippen molar-refractivity contribution in [3.63, 3.8) is 0 Å². The lowest BCUT2D eigenvalue weighted by molar-refractivity contribution is -0.151. The summed E-state index contributed by atoms with van der Waals surface area (Å²) in [5.41, 5.74) is 0. The molecule has 0 aliphatic carbocycles. The number of hydrogen-bond donors (Lipinski definition) is 1. The third-order valence-corrected chi connectivity index (χ3v) is 6.73. The molecule has 1 aromatic carbocycles. The van der Waals surface area contributed by atoms with Crippen LogP contribution in [0, 0.1) is 17.8 Å². The Balaban J connectivity index is 1.55. The molecule has 0 bridgehead atoms. The summed E-state index contributed by atoms with van der Waals surface area (Å²) in [6, 6.07) is 9.36. The van der Waals surface area contributed by atoms with Crippen LogP contribution in [0.25, 0.3) is 0 Å². The van der Waals surface area contributed by atoms with E-state index < -0.39 is 0 Å². The molecule has 6 nitrogen and oxygen atoms in total. The highest BCUT2D eigenvalue weighted by Gasteiger charge is 2.40. The van der Waals surface area contributed by atoms with Crippen LogP contribution in [0.2, 0.25) is 0 Å². The number of carbonyl (C=O) groups excluding carboxylic acids is 2. The fourth-order valence-electron chi connectivity index (χ4n) is 4.77. The van der Waals surface area contributed by atoms with Gasteiger partial charge >= 0.3 is 0 Å². The lowest BCUT2D eigenvalue weighted by atomic mass is 9.93. The van der Waals surface area contributed by atoms with E-state index in [0.29, 0.717) is 25.0 Å². The van der Waals surface area contributed by atoms with Crippen molar-refractivity contribution in [3.8, 4) is 5.75 Å². The molecule has 2 amide bonds. The van der Waals surface area contributed by atoms with Crippen LogP contribution in [0.5, 0.6) is 5.75 Å². The molecule has 0 aromatic heterocycles. The third kappa shape index (κ3) is 6.47. The van der Waals surface area contributed by atoms with Crippen molar-refractivity contribution in [2.24, 2.45) is 17.8 Å². The largest absolute Gasteiger partial charge is 0.493 e. The molecule has 1 N–H and O–H groups in total. The SMILES string of the molecule is CC(C)CC[C@@H]1NCCN([C@H](C(=O)N2CCC(COc3ccccc3)CC2)C(C)C)C1=O. The number of benzene rings is 1. The second-order valence-corrected chi connectivity index (χ2v) is 10.1. The van der Waals surface area contributed by atoms with Crippen LogP contribution in [0.4, 0.5) is 0 Å². The van der Waals surface area contributed by atoms with Crippen molar-refractivity contribution in [3.05, 3.63) is 30.3 Å². The highest BCUT2D eigenvalue weighted by atomic mass is 16.5. The van der Waals surface area contributed by atoms with Crippen LogP contribution < -0.4 is 10.1 Å². The fourth-order valence-corrected chi connectivity index (χ4v) is 4.77. The fraction of sp³-hybridized carbons (Fsp3) is 0.692. The van der Waals surface area contributed by atoms with Gasteiger partial charge in [0.15, 0.2) is 0 Å². The van der Waals surface area contributed by atoms with E-state index in [1.165, 1.54) is 0 Å². The van der Waals surface area contributed by atoms with Crippen LogP contribution in [0.1, 0.15) is 53.4 Å². The minimum atomic E-state index is -0.372. The molecule has 2 fully saturated rings. The zero-order chi connectivity index (χ0) is 23.1. The molecule has 178 valence electrons. The number of carbonyl (C=O) groups is 2. The summed E-state index contributed by atoms with van der Waals surface area (Å²) in [5.74, 6) is 2.22. The maximum Gasteiger partial charge on any atom is 0.245 e. The monoisotopic (exact) mass is 443 g/mol. The van der Waals surface area contributed by atoms with Crippen molar-refractivity contribution >= 4 is 11.8 Å². The van der Waals surface area contributed by atoms with Crippen molar-refractivity contribution in [1.29, 1.82) is 0 Å². The summed E-state index contributed by atoms with van der Waals surface area (Å²) in [7, 11) is 0. The summed E-state index contributed by atoms with van der Waals surface area (Å²) >= 11 is 0. The van der Waals surface area contributed by atoms with Gasteiger partial charge in [-0.3, -0.25) is 9.59 Å². The molecule has 0 saturated carbocycles. The number of nitrogens with one attached hydrogen (secondary N) is 1. The summed E-state index contributed by atoms with van der Waals surface area (Å²) < 4.78 is 5.92. The Morgan fingerprint density at radius 1 is 1.09 bits per heavy atom. The number of rotatable bonds is 9. The first-order valence-electron chi connectivity index (χ1n) is 12.4. The number of hydrogen-bond acceptors (Lipinski definition) is 4. The van der Waals surface area contributed by atoms with Gasteiger partial charge in [-0.1, -0.05) is 45.9 Å². The van der Waals surface area contributed by atoms with Gasteiger partial charge < -0.3 is 19.9 Å². The Labute approximate surface area is 193 Å². The highest BCUT2D eigenvalue weighted by Crippen LogP contribution is 2.24. The van der Waals surface area contributed by atoms with Crippen LogP contribution in [0.3, 0.4) is 0 Å². The number of likely N-dealkylation sites (tertiary alicyclic amines) is 1. The van der Waals surface area contributed by atoms with Gasteiger partial charge in [-0.15, -0.1) is 0 Å². The number of amides is 2. The molecule has 0 spiro atoms. The average molecular weight is 444 g/mol. The van der Waals surface area contributed by atoms with Gasteiger partial charge in [0.2, 0.25) is 11.8 Å². The molecule has 1 aromatic rings. The molecule has 0 radical (unpaired) electrons. The van der Waals surface area contributed by atoms with Crippen LogP contribution >= 0.6 is 0 Å². The molecule has 2 saturated heterocycles. The van der Waals surface area contributed by atoms with Gasteiger partial charge in [-0.05, 0) is 55.6 Å². The molecule has 2 aliphatic rings. The maximum atomic E-state index is 13.5. The predicted molar refractivity (Wildman–Crippen MR) is 127 cm³/mol. The van der Waals surface area contributed by atoms with Gasteiger partial charge in [0.25, 0.3) is 0 Å². The lowest BCUT2D eigenvalue weighted by Gasteiger charge is -2.42. The van der Waals surface area contributed by atoms with E-state index in [-0.39, 0.29) is 29.8 Å². The van der Waals surface area contributed by atoms with E-state index in [4.69, 9.17) is 4.74 Å². The van der Waals surface area contributed by atoms with Gasteiger partial charge in [0.05, 0.1) is 12.6 Å². The normalized spacial score (nSPS) is 21.3. The standard InChI is InChI=1S/C26H41N3O3/c1-19(2)10-11-23-25(30)29(17-14-27-23)24(20(3)4)26(31)28-15-12-21(13-16-28)18-32-22-8-6-5-7-9-22/h5-9,19-21,23-24,27H,10-18H2,1-4H3/t23-,24-/m0/s1. The highest BCUT2D eigenvalue weighted by molar-refractivity contribution is 5.90. The molecule has 32 heavy (non-hydrogen) atoms. The first-order chi connectivity index (χ1) is 15.4. The predicted octanol–water partition coefficient (Wildman–Crippen LogP) is 3.57. The first kappa shape index (κ1) is 24.6. The second kappa shape index (κ2) is 11.7. The van der Waals surface area contributed by atoms with E-state index >= 15 is 0 Å². The first-order valence-corrected chi connectivity index (χ1v) is 12.4. The Morgan fingerprint density at radius 3 is 2.41 bits per heavy atom. The number of ether oxygens (including phenoxy) is 1. The van der Waals surface area contributed by atoms with Crippen molar-refractivity contribution in [1.82, 2.24) is 15.1 Å². The van der Waals surface area contributed by atoms with Gasteiger partial charge in [0, 0.05) is 26.2 Å². The van der Waals surface area contributed by atoms with Crippen molar-refractivity contribution < 1.29 is 14.3 Å². The maximum absolute atomic E-state index is 13.5. The minimum absolute atomic E-state index is 0.0921. The zero-order valence-corrected chi connectivity index (χ0v) is 20.3. The van der Waals surface area contributed by atoms with Gasteiger partial charge in [-0.2, -0.15) is 0 Å². The Bertz CT molecular complexity index is 729. The van der Waals surface area contributed by atoms with Crippen LogP contribution in [0.15, 0.2) is 30.3 Å². The van der Waals surface area contributed by atoms with Crippen LogP contribution in [-0.2, 0) is 9.59 Å². The Kier molecular flexibility index (Phi) is 8.97. The molecule has 2 aliphatic heterocycles. The number of nitrogens with zero attached hydrogens (tertiary/aromatic N) is 2. The Morgan fingerprint density at radius 2 is 1.78 bits per heavy atom. The molecule has 2 atom stereocenters. The number of piperidine rings is 1. The molecular weight excluding hydrogens is 402 g/mol. The smallest absolute Gasteiger partial charge is 0.245 e. The molecular formula is C26H41N3O3. The van der Waals surface area contributed by atoms with Crippen molar-refractivity contribution in [2.75, 3.05) is 32.8 Å². The average Bonchev–Trinajstić information content (AvgIpc) is 2.79. The number of piperazine rings is 1. The summed E-state index contributed by atoms with van der Waals surface area (Å²) in [4.78, 5) is 30.6. The van der Waals surface area contributed by atoms with Gasteiger partial charge in [0.1, 0.15) is 11.8 Å². The summed E-state index contributed by atoms with van der Waals surface area (Å²) in [6.07, 6.45) is 3.72. The lowest BCUT2D eigenvalue weighted by Crippen LogP contribution is -2.63. The Hall–Kier alpha value is -2.08. The van der Waals surface area contributed by atoms with E-state index in [0.717, 1.165) is 51.1 Å². The quantitative estimate of drug-likeness (QED) is 0.634. The summed E-state index contributed by atoms with van der Waals surface area (Å²) in [5, 5.41) is 3.37. The molecule has 3 rings (SSSR count). The van der Waals surface area contributed by atoms with Crippen molar-refractivity contribution in [2.45, 2.75) is 65.5 Å². The minimum Gasteiger partial charge on any atom is -0.493 e. The molecule has 6 heteroatoms. The molecule has 2 heterocycles. The zero-order valence-electron chi connectivity index (χ0n) is 20.3. The van der Waals surface area contributed by atoms with E-state index in [9.17, 15) is 9.59 Å². The molecule has 0 unspecified atom stereocenters. The second-order valence-electron chi connectivity index (χ2n) is 10.1. The topological polar surface area (TPSA) is 61.9 Å². The van der Waals surface area contributed by atoms with E-state index in [2.05, 4.69) is 33.0 Å². The van der Waals surface area contributed by atoms with Gasteiger partial charge in [-0.25, -0.2) is 0 Å². The third-order valence-electron chi connectivity index (χ3n) is 6.73. The number of para-hydroxylation sites is 1. The van der Waals surface area contributed by atoms with E-state index in [1.54, 1.807) is 0 Å². The van der Waals surface area contributed by atoms with E-state index in [1.807, 2.05) is 40.1 Å².